The summed E-state index contributed by atoms with van der Waals surface area (Å²) in [5, 5.41) is 0. The normalized spacial score (nSPS) is 32.8. The van der Waals surface area contributed by atoms with Gasteiger partial charge in [-0.2, -0.15) is 0 Å². The number of allylic oxidation sites excluding steroid dienone is 2. The molecule has 4 N–H and O–H groups in total. The van der Waals surface area contributed by atoms with Gasteiger partial charge in [-0.25, -0.2) is 0 Å². The lowest BCUT2D eigenvalue weighted by atomic mass is 9.85. The molecule has 1 aliphatic rings. The average Bonchev–Trinajstić information content (AvgIpc) is 2.07. The summed E-state index contributed by atoms with van der Waals surface area (Å²) in [6.07, 6.45) is 8.77. The van der Waals surface area contributed by atoms with Crippen LogP contribution in [0, 0.1) is 0 Å². The summed E-state index contributed by atoms with van der Waals surface area (Å²) in [6, 6.07) is -0.0579. The Labute approximate surface area is 80.1 Å². The fourth-order valence-electron chi connectivity index (χ4n) is 1.38. The van der Waals surface area contributed by atoms with Crippen LogP contribution in [0.3, 0.4) is 0 Å². The first-order chi connectivity index (χ1) is 6.04. The van der Waals surface area contributed by atoms with Crippen molar-refractivity contribution in [2.45, 2.75) is 18.0 Å². The minimum absolute atomic E-state index is 0.0579. The molecule has 0 fully saturated rings. The van der Waals surface area contributed by atoms with Crippen molar-refractivity contribution >= 4 is 0 Å². The van der Waals surface area contributed by atoms with Crippen LogP contribution < -0.4 is 11.5 Å². The van der Waals surface area contributed by atoms with Gasteiger partial charge in [0.1, 0.15) is 0 Å². The topological polar surface area (TPSA) is 55.3 Å². The maximum absolute atomic E-state index is 6.16. The molecular formula is C10H19N3. The van der Waals surface area contributed by atoms with Gasteiger partial charge in [-0.05, 0) is 27.1 Å². The van der Waals surface area contributed by atoms with Crippen molar-refractivity contribution < 1.29 is 0 Å². The first-order valence-corrected chi connectivity index (χ1v) is 4.60. The maximum atomic E-state index is 6.16. The van der Waals surface area contributed by atoms with E-state index in [0.717, 1.165) is 13.0 Å². The third-order valence-electron chi connectivity index (χ3n) is 2.45. The van der Waals surface area contributed by atoms with E-state index < -0.39 is 0 Å². The largest absolute Gasteiger partial charge is 0.323 e. The van der Waals surface area contributed by atoms with Crippen LogP contribution in [0.25, 0.3) is 0 Å². The van der Waals surface area contributed by atoms with Gasteiger partial charge in [-0.15, -0.1) is 0 Å². The molecule has 0 radical (unpaired) electrons. The third-order valence-corrected chi connectivity index (χ3v) is 2.45. The molecule has 0 aromatic carbocycles. The van der Waals surface area contributed by atoms with Crippen LogP contribution in [0.1, 0.15) is 6.42 Å². The van der Waals surface area contributed by atoms with Gasteiger partial charge >= 0.3 is 0 Å². The predicted octanol–water partition coefficient (Wildman–Crippen LogP) is 0.0889. The summed E-state index contributed by atoms with van der Waals surface area (Å²) >= 11 is 0. The van der Waals surface area contributed by atoms with Gasteiger partial charge in [-0.1, -0.05) is 24.3 Å². The SMILES string of the molecule is CN(C)CCC1(N)C=CC=CC1N. The minimum atomic E-state index is -0.362. The molecule has 3 nitrogen and oxygen atoms in total. The third kappa shape index (κ3) is 2.66. The molecule has 0 bridgehead atoms. The van der Waals surface area contributed by atoms with E-state index in [1.165, 1.54) is 0 Å². The standard InChI is InChI=1S/C10H19N3/c1-13(2)8-7-10(12)6-4-3-5-9(10)11/h3-6,9H,7-8,11-12H2,1-2H3. The molecule has 0 heterocycles. The van der Waals surface area contributed by atoms with E-state index in [9.17, 15) is 0 Å². The molecule has 0 aromatic rings. The fraction of sp³-hybridized carbons (Fsp3) is 0.600. The van der Waals surface area contributed by atoms with Crippen molar-refractivity contribution in [3.05, 3.63) is 24.3 Å². The van der Waals surface area contributed by atoms with Crippen molar-refractivity contribution in [3.63, 3.8) is 0 Å². The van der Waals surface area contributed by atoms with Crippen molar-refractivity contribution in [2.24, 2.45) is 11.5 Å². The monoisotopic (exact) mass is 181 g/mol. The van der Waals surface area contributed by atoms with Crippen LogP contribution >= 0.6 is 0 Å². The molecule has 13 heavy (non-hydrogen) atoms. The smallest absolute Gasteiger partial charge is 0.0544 e. The van der Waals surface area contributed by atoms with E-state index in [4.69, 9.17) is 11.5 Å². The van der Waals surface area contributed by atoms with Gasteiger partial charge in [0.05, 0.1) is 5.54 Å². The average molecular weight is 181 g/mol. The molecule has 0 aromatic heterocycles. The predicted molar refractivity (Wildman–Crippen MR) is 56.3 cm³/mol. The van der Waals surface area contributed by atoms with E-state index in [1.807, 2.05) is 38.4 Å². The summed E-state index contributed by atoms with van der Waals surface area (Å²) in [5.41, 5.74) is 11.7. The fourth-order valence-corrected chi connectivity index (χ4v) is 1.38. The Morgan fingerprint density at radius 3 is 2.62 bits per heavy atom. The summed E-state index contributed by atoms with van der Waals surface area (Å²) in [4.78, 5) is 2.12. The highest BCUT2D eigenvalue weighted by Gasteiger charge is 2.28. The van der Waals surface area contributed by atoms with Crippen molar-refractivity contribution in [3.8, 4) is 0 Å². The molecule has 2 atom stereocenters. The molecule has 74 valence electrons. The molecular weight excluding hydrogens is 162 g/mol. The Morgan fingerprint density at radius 1 is 1.38 bits per heavy atom. The van der Waals surface area contributed by atoms with Crippen LogP contribution in [0.15, 0.2) is 24.3 Å². The first-order valence-electron chi connectivity index (χ1n) is 4.60. The minimum Gasteiger partial charge on any atom is -0.323 e. The van der Waals surface area contributed by atoms with Gasteiger partial charge in [0.15, 0.2) is 0 Å². The summed E-state index contributed by atoms with van der Waals surface area (Å²) in [6.45, 7) is 0.961. The van der Waals surface area contributed by atoms with Gasteiger partial charge in [-0.3, -0.25) is 0 Å². The van der Waals surface area contributed by atoms with E-state index in [2.05, 4.69) is 4.90 Å². The van der Waals surface area contributed by atoms with Gasteiger partial charge in [0.25, 0.3) is 0 Å². The van der Waals surface area contributed by atoms with Crippen LogP contribution in [0.4, 0.5) is 0 Å². The molecule has 0 aliphatic heterocycles. The second kappa shape index (κ2) is 4.05. The van der Waals surface area contributed by atoms with Crippen LogP contribution in [-0.4, -0.2) is 37.1 Å². The zero-order valence-electron chi connectivity index (χ0n) is 8.40. The highest BCUT2D eigenvalue weighted by molar-refractivity contribution is 5.26. The highest BCUT2D eigenvalue weighted by Crippen LogP contribution is 2.17. The van der Waals surface area contributed by atoms with Gasteiger partial charge < -0.3 is 16.4 Å². The van der Waals surface area contributed by atoms with Crippen LogP contribution in [0.2, 0.25) is 0 Å². The summed E-state index contributed by atoms with van der Waals surface area (Å²) in [5.74, 6) is 0. The van der Waals surface area contributed by atoms with Crippen LogP contribution in [0.5, 0.6) is 0 Å². The second-order valence-electron chi connectivity index (χ2n) is 3.94. The summed E-state index contributed by atoms with van der Waals surface area (Å²) in [7, 11) is 4.08. The van der Waals surface area contributed by atoms with Gasteiger partial charge in [0.2, 0.25) is 0 Å². The zero-order valence-corrected chi connectivity index (χ0v) is 8.40. The van der Waals surface area contributed by atoms with Crippen molar-refractivity contribution in [2.75, 3.05) is 20.6 Å². The van der Waals surface area contributed by atoms with Crippen molar-refractivity contribution in [1.82, 2.24) is 4.90 Å². The molecule has 0 spiro atoms. The molecule has 3 heteroatoms. The van der Waals surface area contributed by atoms with Crippen LogP contribution in [-0.2, 0) is 0 Å². The first kappa shape index (κ1) is 10.4. The number of hydrogen-bond acceptors (Lipinski definition) is 3. The van der Waals surface area contributed by atoms with E-state index >= 15 is 0 Å². The quantitative estimate of drug-likeness (QED) is 0.649. The molecule has 2 unspecified atom stereocenters. The Bertz CT molecular complexity index is 220. The Hall–Kier alpha value is -0.640. The Balaban J connectivity index is 2.54. The van der Waals surface area contributed by atoms with E-state index in [-0.39, 0.29) is 11.6 Å². The molecule has 0 amide bonds. The molecule has 1 aliphatic carbocycles. The number of nitrogens with two attached hydrogens (primary N) is 2. The number of rotatable bonds is 3. The number of nitrogens with zero attached hydrogens (tertiary/aromatic N) is 1. The molecule has 0 saturated heterocycles. The maximum Gasteiger partial charge on any atom is 0.0544 e. The second-order valence-corrected chi connectivity index (χ2v) is 3.94. The Morgan fingerprint density at radius 2 is 2.08 bits per heavy atom. The zero-order chi connectivity index (χ0) is 9.90. The highest BCUT2D eigenvalue weighted by atomic mass is 15.1. The van der Waals surface area contributed by atoms with E-state index in [0.29, 0.717) is 0 Å². The lowest BCUT2D eigenvalue weighted by Gasteiger charge is -2.33. The molecule has 0 saturated carbocycles. The molecule has 1 rings (SSSR count). The van der Waals surface area contributed by atoms with E-state index in [1.54, 1.807) is 0 Å². The summed E-state index contributed by atoms with van der Waals surface area (Å²) < 4.78 is 0. The lowest BCUT2D eigenvalue weighted by molar-refractivity contribution is 0.333. The number of hydrogen-bond donors (Lipinski definition) is 2. The Kier molecular flexibility index (Phi) is 3.25. The van der Waals surface area contributed by atoms with Gasteiger partial charge in [0, 0.05) is 6.04 Å². The van der Waals surface area contributed by atoms with Crippen molar-refractivity contribution in [1.29, 1.82) is 0 Å². The lowest BCUT2D eigenvalue weighted by Crippen LogP contribution is -2.54.